The zero-order chi connectivity index (χ0) is 40.2. The van der Waals surface area contributed by atoms with Gasteiger partial charge in [-0.1, -0.05) is 182 Å². The predicted molar refractivity (Wildman–Crippen MR) is 254 cm³/mol. The molecule has 0 unspecified atom stereocenters. The van der Waals surface area contributed by atoms with Crippen LogP contribution in [0.5, 0.6) is 0 Å². The van der Waals surface area contributed by atoms with Crippen molar-refractivity contribution >= 4 is 38.5 Å². The van der Waals surface area contributed by atoms with E-state index in [2.05, 4.69) is 231 Å². The van der Waals surface area contributed by atoms with Crippen molar-refractivity contribution in [3.63, 3.8) is 0 Å². The lowest BCUT2D eigenvalue weighted by Gasteiger charge is -2.37. The molecule has 0 N–H and O–H groups in total. The molecule has 11 rings (SSSR count). The maximum Gasteiger partial charge on any atom is 0.0710 e. The number of fused-ring (bicyclic) bond motifs is 4. The molecule has 0 atom stereocenters. The Bertz CT molecular complexity index is 3100. The van der Waals surface area contributed by atoms with Gasteiger partial charge in [0.25, 0.3) is 0 Å². The average Bonchev–Trinajstić information content (AvgIpc) is 3.61. The first-order valence-electron chi connectivity index (χ1n) is 21.2. The van der Waals surface area contributed by atoms with Crippen LogP contribution < -0.4 is 4.90 Å². The summed E-state index contributed by atoms with van der Waals surface area (Å²) in [4.78, 5) is 2.49. The van der Waals surface area contributed by atoms with Crippen molar-refractivity contribution < 1.29 is 0 Å². The van der Waals surface area contributed by atoms with Crippen LogP contribution in [-0.2, 0) is 5.41 Å². The maximum atomic E-state index is 2.53. The third-order valence-electron chi connectivity index (χ3n) is 13.2. The largest absolute Gasteiger partial charge is 0.314 e. The molecule has 9 aromatic carbocycles. The zero-order valence-corrected chi connectivity index (χ0v) is 34.1. The molecule has 0 bridgehead atoms. The first kappa shape index (κ1) is 35.9. The summed E-state index contributed by atoms with van der Waals surface area (Å²) in [6.07, 6.45) is 4.43. The van der Waals surface area contributed by atoms with Crippen LogP contribution >= 0.6 is 0 Å². The minimum Gasteiger partial charge on any atom is -0.314 e. The highest BCUT2D eigenvalue weighted by atomic mass is 15.1. The second-order valence-electron chi connectivity index (χ2n) is 16.4. The summed E-state index contributed by atoms with van der Waals surface area (Å²) < 4.78 is 0. The molecule has 0 fully saturated rings. The van der Waals surface area contributed by atoms with Crippen LogP contribution in [0.4, 0.5) is 11.4 Å². The molecule has 60 heavy (non-hydrogen) atoms. The van der Waals surface area contributed by atoms with Gasteiger partial charge >= 0.3 is 0 Å². The van der Waals surface area contributed by atoms with Gasteiger partial charge in [0.1, 0.15) is 0 Å². The maximum absolute atomic E-state index is 2.53. The Balaban J connectivity index is 1.04. The molecule has 286 valence electrons. The third kappa shape index (κ3) is 5.61. The second-order valence-corrected chi connectivity index (χ2v) is 16.4. The van der Waals surface area contributed by atoms with Crippen molar-refractivity contribution in [2.45, 2.75) is 32.1 Å². The van der Waals surface area contributed by atoms with Crippen LogP contribution in [-0.4, -0.2) is 0 Å². The van der Waals surface area contributed by atoms with Gasteiger partial charge < -0.3 is 4.90 Å². The lowest BCUT2D eigenvalue weighted by molar-refractivity contribution is 0.750. The van der Waals surface area contributed by atoms with E-state index in [1.807, 2.05) is 0 Å². The number of hydrogen-bond acceptors (Lipinski definition) is 1. The molecular formula is C59H45N. The fraction of sp³-hybridized carbons (Fsp3) is 0.0847. The number of para-hydroxylation sites is 1. The van der Waals surface area contributed by atoms with Gasteiger partial charge in [-0.2, -0.15) is 0 Å². The highest BCUT2D eigenvalue weighted by Crippen LogP contribution is 2.58. The van der Waals surface area contributed by atoms with Crippen LogP contribution in [0.1, 0.15) is 46.2 Å². The van der Waals surface area contributed by atoms with Crippen molar-refractivity contribution in [3.8, 4) is 22.3 Å². The Labute approximate surface area is 353 Å². The van der Waals surface area contributed by atoms with E-state index in [4.69, 9.17) is 0 Å². The first-order chi connectivity index (χ1) is 29.6. The van der Waals surface area contributed by atoms with Gasteiger partial charge in [-0.3, -0.25) is 0 Å². The lowest BCUT2D eigenvalue weighted by atomic mass is 9.66. The fourth-order valence-electron chi connectivity index (χ4n) is 10.5. The van der Waals surface area contributed by atoms with Gasteiger partial charge in [-0.05, 0) is 145 Å². The van der Waals surface area contributed by atoms with Crippen LogP contribution in [0, 0.1) is 13.8 Å². The molecule has 1 heteroatoms. The predicted octanol–water partition coefficient (Wildman–Crippen LogP) is 15.6. The molecule has 0 radical (unpaired) electrons. The Morgan fingerprint density at radius 1 is 0.433 bits per heavy atom. The van der Waals surface area contributed by atoms with Crippen LogP contribution in [0.25, 0.3) is 49.4 Å². The molecule has 0 heterocycles. The number of benzene rings is 9. The van der Waals surface area contributed by atoms with E-state index in [-0.39, 0.29) is 0 Å². The molecule has 0 aliphatic heterocycles. The van der Waals surface area contributed by atoms with Crippen LogP contribution in [0.3, 0.4) is 0 Å². The van der Waals surface area contributed by atoms with Crippen molar-refractivity contribution in [1.82, 2.24) is 0 Å². The third-order valence-corrected chi connectivity index (χ3v) is 13.2. The van der Waals surface area contributed by atoms with Crippen LogP contribution in [0.15, 0.2) is 224 Å². The standard InChI is InChI=1S/C59H45N/c1-40-29-36-51(55-27-16-26-54(58(40)55)50-37-32-42-17-12-13-24-49(42)41(50)2)43-30-33-47(34-31-43)60(46-22-10-5-11-23-46)48-35-38-53-52-25-14-15-28-56(52)59(57(53)39-48,44-18-6-3-7-19-44)45-20-8-4-9-21-45/h3-34,36-37,39H,35,38H2,1-2H3. The molecule has 1 nitrogen and oxygen atoms in total. The topological polar surface area (TPSA) is 3.24 Å². The van der Waals surface area contributed by atoms with E-state index in [9.17, 15) is 0 Å². The Morgan fingerprint density at radius 2 is 1.03 bits per heavy atom. The average molecular weight is 768 g/mol. The van der Waals surface area contributed by atoms with Crippen molar-refractivity contribution in [1.29, 1.82) is 0 Å². The molecule has 9 aromatic rings. The second kappa shape index (κ2) is 14.6. The number of rotatable bonds is 7. The van der Waals surface area contributed by atoms with E-state index in [0.29, 0.717) is 0 Å². The SMILES string of the molecule is Cc1c(-c2cccc3c(-c4ccc(N(C5=CC6=C(CC5)c5ccccc5C6(c5ccccc5)c5ccccc5)c5ccccc5)cc4)ccc(C)c23)ccc2ccccc12. The van der Waals surface area contributed by atoms with E-state index < -0.39 is 5.41 Å². The monoisotopic (exact) mass is 767 g/mol. The summed E-state index contributed by atoms with van der Waals surface area (Å²) in [5, 5.41) is 5.18. The number of aryl methyl sites for hydroxylation is 2. The van der Waals surface area contributed by atoms with Gasteiger partial charge in [-0.15, -0.1) is 0 Å². The van der Waals surface area contributed by atoms with Gasteiger partial charge in [0.15, 0.2) is 0 Å². The Morgan fingerprint density at radius 3 is 1.78 bits per heavy atom. The molecule has 0 spiro atoms. The molecule has 0 aromatic heterocycles. The number of allylic oxidation sites excluding steroid dienone is 4. The normalized spacial score (nSPS) is 14.2. The number of hydrogen-bond donors (Lipinski definition) is 0. The van der Waals surface area contributed by atoms with E-state index in [1.54, 1.807) is 0 Å². The minimum absolute atomic E-state index is 0.428. The highest BCUT2D eigenvalue weighted by Gasteiger charge is 2.48. The van der Waals surface area contributed by atoms with Crippen molar-refractivity contribution in [2.75, 3.05) is 4.90 Å². The van der Waals surface area contributed by atoms with E-state index in [1.165, 1.54) is 94.0 Å². The van der Waals surface area contributed by atoms with E-state index in [0.717, 1.165) is 24.2 Å². The van der Waals surface area contributed by atoms with Gasteiger partial charge in [0.2, 0.25) is 0 Å². The minimum atomic E-state index is -0.428. The molecule has 0 saturated carbocycles. The number of anilines is 2. The quantitative estimate of drug-likeness (QED) is 0.156. The summed E-state index contributed by atoms with van der Waals surface area (Å²) in [6, 6.07) is 76.3. The Hall–Kier alpha value is -7.22. The number of nitrogens with zero attached hydrogens (tertiary/aromatic N) is 1. The van der Waals surface area contributed by atoms with Gasteiger partial charge in [-0.25, -0.2) is 0 Å². The zero-order valence-electron chi connectivity index (χ0n) is 34.1. The summed E-state index contributed by atoms with van der Waals surface area (Å²) in [6.45, 7) is 4.51. The molecule has 0 saturated heterocycles. The lowest BCUT2D eigenvalue weighted by Crippen LogP contribution is -2.30. The van der Waals surface area contributed by atoms with Crippen molar-refractivity contribution in [2.24, 2.45) is 0 Å². The molecule has 2 aliphatic carbocycles. The molecule has 2 aliphatic rings. The molecule has 0 amide bonds. The molecular weight excluding hydrogens is 723 g/mol. The van der Waals surface area contributed by atoms with Crippen molar-refractivity contribution in [3.05, 3.63) is 257 Å². The van der Waals surface area contributed by atoms with Gasteiger partial charge in [0, 0.05) is 17.1 Å². The summed E-state index contributed by atoms with van der Waals surface area (Å²) in [5.74, 6) is 0. The highest BCUT2D eigenvalue weighted by molar-refractivity contribution is 6.08. The summed E-state index contributed by atoms with van der Waals surface area (Å²) in [5.41, 5.74) is 19.0. The smallest absolute Gasteiger partial charge is 0.0710 e. The fourth-order valence-corrected chi connectivity index (χ4v) is 10.5. The van der Waals surface area contributed by atoms with Gasteiger partial charge in [0.05, 0.1) is 5.41 Å². The van der Waals surface area contributed by atoms with E-state index >= 15 is 0 Å². The summed E-state index contributed by atoms with van der Waals surface area (Å²) in [7, 11) is 0. The first-order valence-corrected chi connectivity index (χ1v) is 21.2. The van der Waals surface area contributed by atoms with Crippen LogP contribution in [0.2, 0.25) is 0 Å². The summed E-state index contributed by atoms with van der Waals surface area (Å²) >= 11 is 0. The Kier molecular flexibility index (Phi) is 8.71.